The van der Waals surface area contributed by atoms with Crippen molar-refractivity contribution in [3.05, 3.63) is 17.0 Å². The molecular weight excluding hydrogens is 378 g/mol. The number of nitrogens with one attached hydrogen (secondary N) is 1. The van der Waals surface area contributed by atoms with E-state index in [1.807, 2.05) is 0 Å². The van der Waals surface area contributed by atoms with Gasteiger partial charge in [0.25, 0.3) is 10.0 Å². The molecule has 1 fully saturated rings. The second-order valence-corrected chi connectivity index (χ2v) is 10.3. The molecule has 26 heavy (non-hydrogen) atoms. The van der Waals surface area contributed by atoms with Gasteiger partial charge in [0.05, 0.1) is 6.54 Å². The average molecular weight is 404 g/mol. The van der Waals surface area contributed by atoms with E-state index in [4.69, 9.17) is 4.74 Å². The zero-order valence-corrected chi connectivity index (χ0v) is 17.1. The van der Waals surface area contributed by atoms with Crippen molar-refractivity contribution in [1.29, 1.82) is 0 Å². The van der Waals surface area contributed by atoms with Crippen molar-refractivity contribution in [2.45, 2.75) is 44.0 Å². The monoisotopic (exact) mass is 403 g/mol. The van der Waals surface area contributed by atoms with Crippen LogP contribution in [-0.2, 0) is 26.1 Å². The molecule has 1 aromatic rings. The molecule has 0 unspecified atom stereocenters. The van der Waals surface area contributed by atoms with E-state index in [1.165, 1.54) is 16.1 Å². The molecule has 0 aliphatic carbocycles. The molecule has 1 aliphatic rings. The molecule has 0 atom stereocenters. The van der Waals surface area contributed by atoms with E-state index in [0.717, 1.165) is 16.2 Å². The van der Waals surface area contributed by atoms with Gasteiger partial charge >= 0.3 is 6.09 Å². The molecule has 2 rings (SSSR count). The summed E-state index contributed by atoms with van der Waals surface area (Å²) in [4.78, 5) is 25.3. The summed E-state index contributed by atoms with van der Waals surface area (Å²) in [5.74, 6) is -0.166. The third-order valence-corrected chi connectivity index (χ3v) is 7.08. The Labute approximate surface area is 158 Å². The van der Waals surface area contributed by atoms with Crippen LogP contribution in [0.1, 0.15) is 32.6 Å². The number of rotatable bonds is 4. The molecular formula is C16H25N3O5S2. The maximum atomic E-state index is 12.8. The van der Waals surface area contributed by atoms with Gasteiger partial charge in [-0.05, 0) is 32.9 Å². The fraction of sp³-hybridized carbons (Fsp3) is 0.625. The largest absolute Gasteiger partial charge is 0.444 e. The summed E-state index contributed by atoms with van der Waals surface area (Å²) in [6.45, 7) is 8.12. The van der Waals surface area contributed by atoms with Crippen molar-refractivity contribution in [2.24, 2.45) is 0 Å². The van der Waals surface area contributed by atoms with Crippen molar-refractivity contribution < 1.29 is 22.7 Å². The number of thiophene rings is 1. The van der Waals surface area contributed by atoms with Crippen molar-refractivity contribution in [1.82, 2.24) is 14.5 Å². The van der Waals surface area contributed by atoms with Crippen LogP contribution in [0.3, 0.4) is 0 Å². The number of hydrogen-bond acceptors (Lipinski definition) is 6. The predicted molar refractivity (Wildman–Crippen MR) is 98.4 cm³/mol. The highest BCUT2D eigenvalue weighted by molar-refractivity contribution is 7.91. The fourth-order valence-electron chi connectivity index (χ4n) is 2.37. The molecule has 1 saturated heterocycles. The lowest BCUT2D eigenvalue weighted by molar-refractivity contribution is -0.119. The maximum Gasteiger partial charge on any atom is 0.410 e. The van der Waals surface area contributed by atoms with E-state index < -0.39 is 21.7 Å². The Morgan fingerprint density at radius 2 is 1.81 bits per heavy atom. The zero-order chi connectivity index (χ0) is 19.5. The molecule has 0 aromatic carbocycles. The molecule has 2 heterocycles. The summed E-state index contributed by atoms with van der Waals surface area (Å²) in [5.41, 5.74) is -0.582. The molecule has 2 amide bonds. The Hall–Kier alpha value is -1.65. The Balaban J connectivity index is 1.97. The molecule has 8 nitrogen and oxygen atoms in total. The molecule has 146 valence electrons. The summed E-state index contributed by atoms with van der Waals surface area (Å²) < 4.78 is 32.5. The Morgan fingerprint density at radius 1 is 1.19 bits per heavy atom. The minimum atomic E-state index is -3.60. The quantitative estimate of drug-likeness (QED) is 0.824. The smallest absolute Gasteiger partial charge is 0.410 e. The molecule has 1 aromatic heterocycles. The normalized spacial score (nSPS) is 16.4. The van der Waals surface area contributed by atoms with Gasteiger partial charge in [0.15, 0.2) is 0 Å². The van der Waals surface area contributed by atoms with Gasteiger partial charge in [-0.15, -0.1) is 11.3 Å². The number of piperazine rings is 1. The average Bonchev–Trinajstić information content (AvgIpc) is 3.01. The van der Waals surface area contributed by atoms with E-state index >= 15 is 0 Å². The van der Waals surface area contributed by atoms with Crippen LogP contribution in [0.15, 0.2) is 16.3 Å². The van der Waals surface area contributed by atoms with Crippen LogP contribution in [-0.4, -0.2) is 61.4 Å². The van der Waals surface area contributed by atoms with Crippen molar-refractivity contribution in [3.63, 3.8) is 0 Å². The third kappa shape index (κ3) is 5.42. The van der Waals surface area contributed by atoms with Crippen molar-refractivity contribution >= 4 is 33.4 Å². The maximum absolute atomic E-state index is 12.8. The van der Waals surface area contributed by atoms with Crippen molar-refractivity contribution in [2.75, 3.05) is 26.2 Å². The van der Waals surface area contributed by atoms with Gasteiger partial charge in [-0.3, -0.25) is 4.79 Å². The standard InChI is InChI=1S/C16H25N3O5S2/c1-12(20)17-11-13-5-6-14(25-13)26(22,23)19-9-7-18(8-10-19)15(21)24-16(2,3)4/h5-6H,7-11H2,1-4H3,(H,17,20). The lowest BCUT2D eigenvalue weighted by Crippen LogP contribution is -2.51. The van der Waals surface area contributed by atoms with E-state index in [1.54, 1.807) is 32.9 Å². The molecule has 0 bridgehead atoms. The molecule has 0 radical (unpaired) electrons. The van der Waals surface area contributed by atoms with Crippen LogP contribution in [0.5, 0.6) is 0 Å². The van der Waals surface area contributed by atoms with Gasteiger partial charge in [0.2, 0.25) is 5.91 Å². The number of hydrogen-bond donors (Lipinski definition) is 1. The van der Waals surface area contributed by atoms with Crippen molar-refractivity contribution in [3.8, 4) is 0 Å². The molecule has 1 aliphatic heterocycles. The van der Waals surface area contributed by atoms with Crippen LogP contribution < -0.4 is 5.32 Å². The first kappa shape index (κ1) is 20.7. The van der Waals surface area contributed by atoms with Gasteiger partial charge in [-0.25, -0.2) is 13.2 Å². The lowest BCUT2D eigenvalue weighted by atomic mass is 10.2. The summed E-state index contributed by atoms with van der Waals surface area (Å²) in [7, 11) is -3.60. The van der Waals surface area contributed by atoms with E-state index in [2.05, 4.69) is 5.32 Å². The van der Waals surface area contributed by atoms with Crippen LogP contribution in [0.4, 0.5) is 4.79 Å². The molecule has 0 spiro atoms. The van der Waals surface area contributed by atoms with E-state index in [-0.39, 0.29) is 36.3 Å². The Kier molecular flexibility index (Phi) is 6.30. The second-order valence-electron chi connectivity index (χ2n) is 7.00. The first-order valence-corrected chi connectivity index (χ1v) is 10.6. The summed E-state index contributed by atoms with van der Waals surface area (Å²) in [5, 5.41) is 2.65. The fourth-order valence-corrected chi connectivity index (χ4v) is 5.24. The molecule has 1 N–H and O–H groups in total. The number of carbonyl (C=O) groups is 2. The zero-order valence-electron chi connectivity index (χ0n) is 15.4. The number of carbonyl (C=O) groups excluding carboxylic acids is 2. The Morgan fingerprint density at radius 3 is 2.35 bits per heavy atom. The van der Waals surface area contributed by atoms with Gasteiger partial charge in [-0.2, -0.15) is 4.31 Å². The minimum absolute atomic E-state index is 0.166. The summed E-state index contributed by atoms with van der Waals surface area (Å²) in [6, 6.07) is 3.25. The topological polar surface area (TPSA) is 96.0 Å². The summed E-state index contributed by atoms with van der Waals surface area (Å²) in [6.07, 6.45) is -0.428. The molecule has 10 heteroatoms. The number of amides is 2. The SMILES string of the molecule is CC(=O)NCc1ccc(S(=O)(=O)N2CCN(C(=O)OC(C)(C)C)CC2)s1. The summed E-state index contributed by atoms with van der Waals surface area (Å²) >= 11 is 1.14. The van der Waals surface area contributed by atoms with Crippen LogP contribution >= 0.6 is 11.3 Å². The van der Waals surface area contributed by atoms with Crippen LogP contribution in [0.2, 0.25) is 0 Å². The van der Waals surface area contributed by atoms with Gasteiger partial charge in [-0.1, -0.05) is 0 Å². The first-order chi connectivity index (χ1) is 12.0. The third-order valence-electron chi connectivity index (χ3n) is 3.63. The van der Waals surface area contributed by atoms with E-state index in [0.29, 0.717) is 6.54 Å². The predicted octanol–water partition coefficient (Wildman–Crippen LogP) is 1.63. The lowest BCUT2D eigenvalue weighted by Gasteiger charge is -2.34. The van der Waals surface area contributed by atoms with Crippen LogP contribution in [0.25, 0.3) is 0 Å². The highest BCUT2D eigenvalue weighted by Crippen LogP contribution is 2.26. The van der Waals surface area contributed by atoms with Gasteiger partial charge in [0, 0.05) is 38.0 Å². The Bertz CT molecular complexity index is 759. The van der Waals surface area contributed by atoms with Crippen LogP contribution in [0, 0.1) is 0 Å². The van der Waals surface area contributed by atoms with Gasteiger partial charge < -0.3 is 15.0 Å². The molecule has 0 saturated carbocycles. The first-order valence-electron chi connectivity index (χ1n) is 8.30. The second kappa shape index (κ2) is 7.93. The van der Waals surface area contributed by atoms with Gasteiger partial charge in [0.1, 0.15) is 9.81 Å². The number of sulfonamides is 1. The number of nitrogens with zero attached hydrogens (tertiary/aromatic N) is 2. The highest BCUT2D eigenvalue weighted by atomic mass is 32.2. The highest BCUT2D eigenvalue weighted by Gasteiger charge is 2.32. The van der Waals surface area contributed by atoms with E-state index in [9.17, 15) is 18.0 Å². The number of ether oxygens (including phenoxy) is 1. The minimum Gasteiger partial charge on any atom is -0.444 e.